The highest BCUT2D eigenvalue weighted by atomic mass is 19.1. The highest BCUT2D eigenvalue weighted by molar-refractivity contribution is 5.33. The lowest BCUT2D eigenvalue weighted by Crippen LogP contribution is -2.21. The van der Waals surface area contributed by atoms with Gasteiger partial charge >= 0.3 is 0 Å². The van der Waals surface area contributed by atoms with Gasteiger partial charge in [-0.1, -0.05) is 12.8 Å². The van der Waals surface area contributed by atoms with E-state index in [2.05, 4.69) is 5.48 Å². The Morgan fingerprint density at radius 3 is 2.82 bits per heavy atom. The second-order valence-electron chi connectivity index (χ2n) is 4.31. The van der Waals surface area contributed by atoms with Crippen molar-refractivity contribution in [2.75, 3.05) is 0 Å². The highest BCUT2D eigenvalue weighted by Crippen LogP contribution is 2.20. The molecule has 1 aromatic carbocycles. The van der Waals surface area contributed by atoms with Gasteiger partial charge in [0.15, 0.2) is 0 Å². The number of hydroxylamine groups is 1. The Morgan fingerprint density at radius 2 is 2.12 bits per heavy atom. The molecule has 0 saturated heterocycles. The Kier molecular flexibility index (Phi) is 4.08. The van der Waals surface area contributed by atoms with Crippen LogP contribution in [0.15, 0.2) is 18.2 Å². The number of halogens is 1. The first-order valence-electron chi connectivity index (χ1n) is 5.86. The maximum atomic E-state index is 13.1. The molecule has 1 fully saturated rings. The van der Waals surface area contributed by atoms with Crippen molar-refractivity contribution in [1.82, 2.24) is 5.48 Å². The Balaban J connectivity index is 1.85. The molecule has 4 heteroatoms. The summed E-state index contributed by atoms with van der Waals surface area (Å²) >= 11 is 0. The minimum Gasteiger partial charge on any atom is -0.298 e. The van der Waals surface area contributed by atoms with Crippen LogP contribution in [0.3, 0.4) is 0 Å². The quantitative estimate of drug-likeness (QED) is 0.814. The third-order valence-corrected chi connectivity index (χ3v) is 2.92. The van der Waals surface area contributed by atoms with Gasteiger partial charge in [0.1, 0.15) is 5.82 Å². The SMILES string of the molecule is N#Cc1cc(F)cc(CNOC2CCCC2)c1. The van der Waals surface area contributed by atoms with Gasteiger partial charge in [0.05, 0.1) is 17.7 Å². The summed E-state index contributed by atoms with van der Waals surface area (Å²) in [5, 5.41) is 8.72. The molecule has 1 aliphatic rings. The van der Waals surface area contributed by atoms with E-state index in [0.29, 0.717) is 12.1 Å². The van der Waals surface area contributed by atoms with Crippen LogP contribution >= 0.6 is 0 Å². The van der Waals surface area contributed by atoms with Crippen LogP contribution in [0, 0.1) is 17.1 Å². The Bertz CT molecular complexity index is 422. The predicted molar refractivity (Wildman–Crippen MR) is 61.3 cm³/mol. The third kappa shape index (κ3) is 3.52. The second kappa shape index (κ2) is 5.76. The molecule has 3 nitrogen and oxygen atoms in total. The lowest BCUT2D eigenvalue weighted by molar-refractivity contribution is -0.0244. The van der Waals surface area contributed by atoms with Crippen LogP contribution in [0.1, 0.15) is 36.8 Å². The molecule has 1 N–H and O–H groups in total. The van der Waals surface area contributed by atoms with Crippen molar-refractivity contribution >= 4 is 0 Å². The van der Waals surface area contributed by atoms with Crippen LogP contribution in [-0.2, 0) is 11.4 Å². The zero-order chi connectivity index (χ0) is 12.1. The van der Waals surface area contributed by atoms with E-state index in [1.807, 2.05) is 6.07 Å². The van der Waals surface area contributed by atoms with Crippen molar-refractivity contribution in [3.8, 4) is 6.07 Å². The van der Waals surface area contributed by atoms with Gasteiger partial charge in [0, 0.05) is 6.54 Å². The second-order valence-corrected chi connectivity index (χ2v) is 4.31. The number of hydrogen-bond acceptors (Lipinski definition) is 3. The summed E-state index contributed by atoms with van der Waals surface area (Å²) in [5.74, 6) is -0.387. The van der Waals surface area contributed by atoms with E-state index >= 15 is 0 Å². The molecule has 0 aliphatic heterocycles. The number of benzene rings is 1. The average Bonchev–Trinajstić information content (AvgIpc) is 2.81. The first kappa shape index (κ1) is 12.0. The molecule has 17 heavy (non-hydrogen) atoms. The molecule has 0 unspecified atom stereocenters. The van der Waals surface area contributed by atoms with Crippen LogP contribution < -0.4 is 5.48 Å². The molecule has 1 aliphatic carbocycles. The summed E-state index contributed by atoms with van der Waals surface area (Å²) in [4.78, 5) is 5.46. The van der Waals surface area contributed by atoms with Crippen LogP contribution in [0.5, 0.6) is 0 Å². The van der Waals surface area contributed by atoms with E-state index < -0.39 is 0 Å². The maximum absolute atomic E-state index is 13.1. The number of hydrogen-bond donors (Lipinski definition) is 1. The Labute approximate surface area is 100 Å². The largest absolute Gasteiger partial charge is 0.298 e. The number of nitrogens with one attached hydrogen (secondary N) is 1. The van der Waals surface area contributed by atoms with E-state index in [-0.39, 0.29) is 11.9 Å². The fourth-order valence-electron chi connectivity index (χ4n) is 2.07. The first-order valence-corrected chi connectivity index (χ1v) is 5.86. The monoisotopic (exact) mass is 234 g/mol. The van der Waals surface area contributed by atoms with Gasteiger partial charge in [0.2, 0.25) is 0 Å². The number of rotatable bonds is 4. The molecule has 0 aromatic heterocycles. The molecule has 0 heterocycles. The smallest absolute Gasteiger partial charge is 0.124 e. The van der Waals surface area contributed by atoms with Crippen molar-refractivity contribution in [3.63, 3.8) is 0 Å². The summed E-state index contributed by atoms with van der Waals surface area (Å²) in [6.07, 6.45) is 4.87. The molecule has 0 atom stereocenters. The van der Waals surface area contributed by atoms with Crippen LogP contribution in [0.25, 0.3) is 0 Å². The lowest BCUT2D eigenvalue weighted by atomic mass is 10.1. The van der Waals surface area contributed by atoms with E-state index in [1.165, 1.54) is 25.0 Å². The molecule has 0 bridgehead atoms. The van der Waals surface area contributed by atoms with Gasteiger partial charge in [-0.3, -0.25) is 4.84 Å². The molecule has 90 valence electrons. The number of nitriles is 1. The molecule has 1 aromatic rings. The number of nitrogens with zero attached hydrogens (tertiary/aromatic N) is 1. The minimum atomic E-state index is -0.387. The van der Waals surface area contributed by atoms with Gasteiger partial charge in [-0.05, 0) is 36.6 Å². The standard InChI is InChI=1S/C13H15FN2O/c14-12-6-10(8-15)5-11(7-12)9-16-17-13-3-1-2-4-13/h5-7,13,16H,1-4,9H2. The average molecular weight is 234 g/mol. The van der Waals surface area contributed by atoms with Crippen molar-refractivity contribution in [1.29, 1.82) is 5.26 Å². The molecule has 0 spiro atoms. The maximum Gasteiger partial charge on any atom is 0.124 e. The Morgan fingerprint density at radius 1 is 1.35 bits per heavy atom. The van der Waals surface area contributed by atoms with Gasteiger partial charge < -0.3 is 0 Å². The van der Waals surface area contributed by atoms with Gasteiger partial charge in [-0.25, -0.2) is 4.39 Å². The topological polar surface area (TPSA) is 45.0 Å². The normalized spacial score (nSPS) is 16.0. The zero-order valence-electron chi connectivity index (χ0n) is 9.58. The van der Waals surface area contributed by atoms with Crippen molar-refractivity contribution in [2.45, 2.75) is 38.3 Å². The summed E-state index contributed by atoms with van der Waals surface area (Å²) < 4.78 is 13.1. The van der Waals surface area contributed by atoms with Crippen LogP contribution in [0.2, 0.25) is 0 Å². The van der Waals surface area contributed by atoms with E-state index in [9.17, 15) is 4.39 Å². The minimum absolute atomic E-state index is 0.277. The predicted octanol–water partition coefficient (Wildman–Crippen LogP) is 2.66. The van der Waals surface area contributed by atoms with Crippen molar-refractivity contribution in [3.05, 3.63) is 35.1 Å². The summed E-state index contributed by atoms with van der Waals surface area (Å²) in [6.45, 7) is 0.420. The third-order valence-electron chi connectivity index (χ3n) is 2.92. The van der Waals surface area contributed by atoms with E-state index in [4.69, 9.17) is 10.1 Å². The summed E-state index contributed by atoms with van der Waals surface area (Å²) in [6, 6.07) is 6.22. The first-order chi connectivity index (χ1) is 8.28. The highest BCUT2D eigenvalue weighted by Gasteiger charge is 2.15. The van der Waals surface area contributed by atoms with Crippen LogP contribution in [0.4, 0.5) is 4.39 Å². The lowest BCUT2D eigenvalue weighted by Gasteiger charge is -2.11. The van der Waals surface area contributed by atoms with Crippen molar-refractivity contribution < 1.29 is 9.23 Å². The van der Waals surface area contributed by atoms with Gasteiger partial charge in [0.25, 0.3) is 0 Å². The molecular weight excluding hydrogens is 219 g/mol. The molecule has 2 rings (SSSR count). The van der Waals surface area contributed by atoms with Crippen molar-refractivity contribution in [2.24, 2.45) is 0 Å². The molecule has 1 saturated carbocycles. The Hall–Kier alpha value is -1.44. The van der Waals surface area contributed by atoms with Gasteiger partial charge in [-0.15, -0.1) is 0 Å². The molecule has 0 amide bonds. The fraction of sp³-hybridized carbons (Fsp3) is 0.462. The van der Waals surface area contributed by atoms with E-state index in [1.54, 1.807) is 6.07 Å². The van der Waals surface area contributed by atoms with Crippen LogP contribution in [-0.4, -0.2) is 6.10 Å². The fourth-order valence-corrected chi connectivity index (χ4v) is 2.07. The molecular formula is C13H15FN2O. The zero-order valence-corrected chi connectivity index (χ0v) is 9.58. The van der Waals surface area contributed by atoms with Gasteiger partial charge in [-0.2, -0.15) is 10.7 Å². The summed E-state index contributed by atoms with van der Waals surface area (Å²) in [7, 11) is 0. The summed E-state index contributed by atoms with van der Waals surface area (Å²) in [5.41, 5.74) is 3.90. The van der Waals surface area contributed by atoms with E-state index in [0.717, 1.165) is 18.4 Å². The molecule has 0 radical (unpaired) electrons.